The van der Waals surface area contributed by atoms with Crippen LogP contribution in [0.2, 0.25) is 0 Å². The first-order valence-electron chi connectivity index (χ1n) is 9.35. The van der Waals surface area contributed by atoms with E-state index in [9.17, 15) is 0 Å². The van der Waals surface area contributed by atoms with E-state index in [1.54, 1.807) is 11.3 Å². The van der Waals surface area contributed by atoms with Crippen LogP contribution in [-0.2, 0) is 6.42 Å². The maximum Gasteiger partial charge on any atom is 0.154 e. The highest BCUT2D eigenvalue weighted by molar-refractivity contribution is 7.12. The summed E-state index contributed by atoms with van der Waals surface area (Å²) in [7, 11) is 0. The third-order valence-electron chi connectivity index (χ3n) is 4.84. The van der Waals surface area contributed by atoms with Crippen molar-refractivity contribution >= 4 is 28.6 Å². The van der Waals surface area contributed by atoms with Crippen LogP contribution in [0.25, 0.3) is 0 Å². The van der Waals surface area contributed by atoms with Crippen LogP contribution >= 0.6 is 11.3 Å². The van der Waals surface area contributed by atoms with Gasteiger partial charge in [0.2, 0.25) is 0 Å². The smallest absolute Gasteiger partial charge is 0.154 e. The van der Waals surface area contributed by atoms with Crippen molar-refractivity contribution in [2.75, 3.05) is 0 Å². The Kier molecular flexibility index (Phi) is 4.90. The van der Waals surface area contributed by atoms with Crippen molar-refractivity contribution in [3.8, 4) is 0 Å². The predicted molar refractivity (Wildman–Crippen MR) is 116 cm³/mol. The number of nitrogens with one attached hydrogen (secondary N) is 1. The first-order chi connectivity index (χ1) is 13.2. The lowest BCUT2D eigenvalue weighted by Crippen LogP contribution is -2.19. The number of thiophene rings is 1. The SMILES string of the molecule is CCc1ccc(C2=Nc3ccc(C(C)C)cc3C(c3cccs3)=NN2)cc1. The highest BCUT2D eigenvalue weighted by Gasteiger charge is 2.19. The summed E-state index contributed by atoms with van der Waals surface area (Å²) in [6.07, 6.45) is 1.03. The zero-order chi connectivity index (χ0) is 18.8. The zero-order valence-electron chi connectivity index (χ0n) is 15.9. The first-order valence-corrected chi connectivity index (χ1v) is 10.2. The van der Waals surface area contributed by atoms with Gasteiger partial charge in [-0.25, -0.2) is 4.99 Å². The van der Waals surface area contributed by atoms with E-state index in [-0.39, 0.29) is 0 Å². The van der Waals surface area contributed by atoms with Crippen LogP contribution in [0, 0.1) is 0 Å². The first kappa shape index (κ1) is 17.7. The molecule has 3 aromatic rings. The van der Waals surface area contributed by atoms with Gasteiger partial charge in [-0.3, -0.25) is 5.43 Å². The van der Waals surface area contributed by atoms with E-state index >= 15 is 0 Å². The lowest BCUT2D eigenvalue weighted by molar-refractivity contribution is 0.866. The van der Waals surface area contributed by atoms with Crippen LogP contribution in [0.3, 0.4) is 0 Å². The number of fused-ring (bicyclic) bond motifs is 1. The average molecular weight is 374 g/mol. The van der Waals surface area contributed by atoms with E-state index < -0.39 is 0 Å². The highest BCUT2D eigenvalue weighted by Crippen LogP contribution is 2.30. The fourth-order valence-electron chi connectivity index (χ4n) is 3.14. The molecular formula is C23H23N3S. The Morgan fingerprint density at radius 2 is 1.85 bits per heavy atom. The van der Waals surface area contributed by atoms with Crippen LogP contribution in [0.1, 0.15) is 53.8 Å². The molecule has 0 saturated heterocycles. The topological polar surface area (TPSA) is 36.8 Å². The van der Waals surface area contributed by atoms with Crippen LogP contribution in [0.4, 0.5) is 5.69 Å². The Labute approximate surface area is 164 Å². The Balaban J connectivity index is 1.84. The fourth-order valence-corrected chi connectivity index (χ4v) is 3.87. The minimum atomic E-state index is 0.459. The largest absolute Gasteiger partial charge is 0.260 e. The molecule has 0 atom stereocenters. The molecule has 3 nitrogen and oxygen atoms in total. The number of hydrogen-bond acceptors (Lipinski definition) is 4. The Hall–Kier alpha value is -2.72. The van der Waals surface area contributed by atoms with Gasteiger partial charge in [-0.1, -0.05) is 57.2 Å². The molecule has 0 saturated carbocycles. The molecule has 136 valence electrons. The molecule has 2 heterocycles. The second-order valence-corrected chi connectivity index (χ2v) is 7.94. The monoisotopic (exact) mass is 373 g/mol. The van der Waals surface area contributed by atoms with Crippen molar-refractivity contribution in [1.29, 1.82) is 0 Å². The van der Waals surface area contributed by atoms with Crippen LogP contribution in [-0.4, -0.2) is 11.5 Å². The van der Waals surface area contributed by atoms with E-state index in [0.29, 0.717) is 5.92 Å². The second-order valence-electron chi connectivity index (χ2n) is 6.99. The number of aliphatic imine (C=N–C) groups is 1. The number of benzene rings is 2. The molecule has 0 radical (unpaired) electrons. The number of amidine groups is 1. The summed E-state index contributed by atoms with van der Waals surface area (Å²) in [6.45, 7) is 6.59. The van der Waals surface area contributed by atoms with E-state index in [4.69, 9.17) is 10.1 Å². The molecular weight excluding hydrogens is 350 g/mol. The summed E-state index contributed by atoms with van der Waals surface area (Å²) >= 11 is 1.70. The highest BCUT2D eigenvalue weighted by atomic mass is 32.1. The van der Waals surface area contributed by atoms with Gasteiger partial charge in [0.15, 0.2) is 5.84 Å². The van der Waals surface area contributed by atoms with Gasteiger partial charge >= 0.3 is 0 Å². The molecule has 1 aliphatic heterocycles. The van der Waals surface area contributed by atoms with Crippen molar-refractivity contribution < 1.29 is 0 Å². The molecule has 2 aromatic carbocycles. The van der Waals surface area contributed by atoms with Gasteiger partial charge in [-0.2, -0.15) is 5.10 Å². The van der Waals surface area contributed by atoms with Gasteiger partial charge in [-0.05, 0) is 47.0 Å². The number of nitrogens with zero attached hydrogens (tertiary/aromatic N) is 2. The summed E-state index contributed by atoms with van der Waals surface area (Å²) in [4.78, 5) is 6.06. The van der Waals surface area contributed by atoms with E-state index in [2.05, 4.69) is 86.2 Å². The summed E-state index contributed by atoms with van der Waals surface area (Å²) < 4.78 is 0. The number of hydrazone groups is 1. The van der Waals surface area contributed by atoms with Gasteiger partial charge in [0.1, 0.15) is 5.71 Å². The van der Waals surface area contributed by atoms with Gasteiger partial charge in [-0.15, -0.1) is 11.3 Å². The lowest BCUT2D eigenvalue weighted by Gasteiger charge is -2.11. The summed E-state index contributed by atoms with van der Waals surface area (Å²) in [5.74, 6) is 1.24. The standard InChI is InChI=1S/C23H23N3S/c1-4-16-7-9-17(10-8-16)23-24-20-12-11-18(15(2)3)14-19(20)22(25-26-23)21-6-5-13-27-21/h5-15H,4H2,1-3H3,(H,24,26). The minimum Gasteiger partial charge on any atom is -0.260 e. The van der Waals surface area contributed by atoms with Crippen LogP contribution < -0.4 is 5.43 Å². The van der Waals surface area contributed by atoms with Crippen LogP contribution in [0.5, 0.6) is 0 Å². The summed E-state index contributed by atoms with van der Waals surface area (Å²) in [6, 6.07) is 19.2. The molecule has 0 fully saturated rings. The second kappa shape index (κ2) is 7.49. The Morgan fingerprint density at radius 3 is 2.52 bits per heavy atom. The maximum atomic E-state index is 4.92. The van der Waals surface area contributed by atoms with Crippen molar-refractivity contribution in [1.82, 2.24) is 5.43 Å². The number of hydrogen-bond donors (Lipinski definition) is 1. The third-order valence-corrected chi connectivity index (χ3v) is 5.72. The molecule has 0 amide bonds. The average Bonchev–Trinajstić information content (AvgIpc) is 3.15. The van der Waals surface area contributed by atoms with E-state index in [1.807, 2.05) is 0 Å². The van der Waals surface area contributed by atoms with Crippen molar-refractivity contribution in [3.63, 3.8) is 0 Å². The van der Waals surface area contributed by atoms with Gasteiger partial charge in [0, 0.05) is 11.1 Å². The molecule has 27 heavy (non-hydrogen) atoms. The molecule has 0 unspecified atom stereocenters. The van der Waals surface area contributed by atoms with Gasteiger partial charge in [0.05, 0.1) is 10.6 Å². The molecule has 4 rings (SSSR count). The Morgan fingerprint density at radius 1 is 1.04 bits per heavy atom. The lowest BCUT2D eigenvalue weighted by atomic mass is 9.97. The zero-order valence-corrected chi connectivity index (χ0v) is 16.7. The Bertz CT molecular complexity index is 997. The van der Waals surface area contributed by atoms with Crippen LogP contribution in [0.15, 0.2) is 70.1 Å². The molecule has 4 heteroatoms. The van der Waals surface area contributed by atoms with Gasteiger partial charge < -0.3 is 0 Å². The third kappa shape index (κ3) is 3.58. The van der Waals surface area contributed by atoms with E-state index in [1.165, 1.54) is 11.1 Å². The van der Waals surface area contributed by atoms with Gasteiger partial charge in [0.25, 0.3) is 0 Å². The van der Waals surface area contributed by atoms with E-state index in [0.717, 1.165) is 39.7 Å². The van der Waals surface area contributed by atoms with Crippen molar-refractivity contribution in [2.45, 2.75) is 33.1 Å². The molecule has 1 N–H and O–H groups in total. The molecule has 0 spiro atoms. The normalized spacial score (nSPS) is 13.5. The quantitative estimate of drug-likeness (QED) is 0.610. The minimum absolute atomic E-state index is 0.459. The predicted octanol–water partition coefficient (Wildman–Crippen LogP) is 5.87. The molecule has 0 bridgehead atoms. The number of rotatable bonds is 4. The number of aryl methyl sites for hydroxylation is 1. The maximum absolute atomic E-state index is 4.92. The molecule has 0 aliphatic carbocycles. The molecule has 1 aliphatic rings. The summed E-state index contributed by atoms with van der Waals surface area (Å²) in [5, 5.41) is 6.84. The summed E-state index contributed by atoms with van der Waals surface area (Å²) in [5.41, 5.74) is 9.85. The van der Waals surface area contributed by atoms with Crippen molar-refractivity contribution in [2.24, 2.45) is 10.1 Å². The fraction of sp³-hybridized carbons (Fsp3) is 0.217. The van der Waals surface area contributed by atoms with Crippen molar-refractivity contribution in [3.05, 3.63) is 87.1 Å². The molecule has 1 aromatic heterocycles.